The highest BCUT2D eigenvalue weighted by Gasteiger charge is 2.42. The van der Waals surface area contributed by atoms with Gasteiger partial charge in [0.1, 0.15) is 23.9 Å². The van der Waals surface area contributed by atoms with E-state index in [2.05, 4.69) is 42.5 Å². The maximum absolute atomic E-state index is 13.5. The Morgan fingerprint density at radius 3 is 2.14 bits per heavy atom. The fourth-order valence-electron chi connectivity index (χ4n) is 6.84. The first-order chi connectivity index (χ1) is 31.2. The number of nitrogens with one attached hydrogen (secondary N) is 9. The fraction of sp³-hybridized carbons (Fsp3) is 0.590. The van der Waals surface area contributed by atoms with Crippen LogP contribution in [0.5, 0.6) is 5.75 Å². The van der Waals surface area contributed by atoms with E-state index < -0.39 is 118 Å². The number of thioether (sulfide) groups is 1. The maximum Gasteiger partial charge on any atom is 0.315 e. The highest BCUT2D eigenvalue weighted by Crippen LogP contribution is 2.33. The molecule has 7 atom stereocenters. The van der Waals surface area contributed by atoms with Gasteiger partial charge in [0.05, 0.1) is 43.6 Å². The highest BCUT2D eigenvalue weighted by atomic mass is 32.2. The molecule has 14 N–H and O–H groups in total. The second kappa shape index (κ2) is 26.7. The number of unbranched alkanes of at least 4 members (excludes halogenated alkanes) is 2. The van der Waals surface area contributed by atoms with Crippen LogP contribution < -0.4 is 64.2 Å². The van der Waals surface area contributed by atoms with Crippen molar-refractivity contribution in [1.29, 1.82) is 0 Å². The van der Waals surface area contributed by atoms with Crippen LogP contribution in [0, 0.1) is 0 Å². The number of carbonyl (C=O) groups is 10. The number of methoxy groups -OCH3 is 1. The van der Waals surface area contributed by atoms with Gasteiger partial charge in [-0.1, -0.05) is 6.42 Å². The summed E-state index contributed by atoms with van der Waals surface area (Å²) in [7, 11) is -3.32. The third-order valence-electron chi connectivity index (χ3n) is 10.5. The molecule has 2 saturated heterocycles. The zero-order valence-corrected chi connectivity index (χ0v) is 38.1. The second-order valence-electron chi connectivity index (χ2n) is 15.5. The first kappa shape index (κ1) is 54.1. The van der Waals surface area contributed by atoms with Gasteiger partial charge in [-0.2, -0.15) is 11.8 Å². The summed E-state index contributed by atoms with van der Waals surface area (Å²) in [6, 6.07) is 0.799. The number of hydrogen-bond donors (Lipinski definition) is 12. The number of sulfone groups is 1. The van der Waals surface area contributed by atoms with E-state index in [-0.39, 0.29) is 36.2 Å². The lowest BCUT2D eigenvalue weighted by Crippen LogP contribution is -2.55. The molecule has 11 amide bonds. The molecule has 0 aromatic heterocycles. The van der Waals surface area contributed by atoms with Crippen LogP contribution in [0.25, 0.3) is 0 Å². The van der Waals surface area contributed by atoms with Crippen LogP contribution in [0.4, 0.5) is 4.79 Å². The van der Waals surface area contributed by atoms with Gasteiger partial charge in [-0.3, -0.25) is 48.4 Å². The number of carbonyl (C=O) groups excluding carboxylic acids is 10. The van der Waals surface area contributed by atoms with Gasteiger partial charge in [0.25, 0.3) is 0 Å². The van der Waals surface area contributed by atoms with Gasteiger partial charge in [-0.05, 0) is 69.7 Å². The first-order valence-corrected chi connectivity index (χ1v) is 23.6. The molecule has 0 spiro atoms. The lowest BCUT2D eigenvalue weighted by Gasteiger charge is -2.23. The summed E-state index contributed by atoms with van der Waals surface area (Å²) in [5.74, 6) is -6.87. The van der Waals surface area contributed by atoms with Crippen molar-refractivity contribution in [3.63, 3.8) is 0 Å². The Labute approximate surface area is 384 Å². The van der Waals surface area contributed by atoms with Gasteiger partial charge in [0.15, 0.2) is 15.1 Å². The maximum atomic E-state index is 13.5. The van der Waals surface area contributed by atoms with Crippen LogP contribution in [-0.2, 0) is 53.0 Å². The molecule has 3 rings (SSSR count). The molecule has 366 valence electrons. The summed E-state index contributed by atoms with van der Waals surface area (Å²) in [5, 5.41) is 27.2. The first-order valence-electron chi connectivity index (χ1n) is 21.0. The predicted octanol–water partition coefficient (Wildman–Crippen LogP) is -3.80. The van der Waals surface area contributed by atoms with Crippen LogP contribution in [-0.4, -0.2) is 146 Å². The summed E-state index contributed by atoms with van der Waals surface area (Å²) in [6.07, 6.45) is 1.85. The predicted molar refractivity (Wildman–Crippen MR) is 234 cm³/mol. The number of amides is 11. The molecule has 0 saturated carbocycles. The smallest absolute Gasteiger partial charge is 0.315 e. The van der Waals surface area contributed by atoms with Crippen LogP contribution in [0.1, 0.15) is 71.1 Å². The van der Waals surface area contributed by atoms with E-state index in [1.165, 1.54) is 31.6 Å². The molecule has 66 heavy (non-hydrogen) atoms. The summed E-state index contributed by atoms with van der Waals surface area (Å²) < 4.78 is 31.9. The zero-order valence-electron chi connectivity index (χ0n) is 36.5. The Morgan fingerprint density at radius 2 is 1.48 bits per heavy atom. The largest absolute Gasteiger partial charge is 0.497 e. The van der Waals surface area contributed by atoms with Crippen molar-refractivity contribution in [3.05, 3.63) is 24.3 Å². The number of rotatable bonds is 29. The Morgan fingerprint density at radius 1 is 0.788 bits per heavy atom. The summed E-state index contributed by atoms with van der Waals surface area (Å²) in [6.45, 7) is 0.287. The van der Waals surface area contributed by atoms with Crippen LogP contribution in [0.3, 0.4) is 0 Å². The number of benzene rings is 1. The quantitative estimate of drug-likeness (QED) is 0.0159. The van der Waals surface area contributed by atoms with Crippen LogP contribution in [0.15, 0.2) is 29.2 Å². The SMILES string of the molecule is COc1ccc(S(=O)(=O)C(CC(=O)NO)C(=O)N[C@@H](CCC(N)=O)C(=O)N[C@@H](C)C(=O)NCC(=O)NCC(=O)N[C@@H](CCCCNC(=O)CCCC[C@@H]2SC[C@@H]3NC(=O)N[C@@H]32)C(N)=O)cc1. The standard InChI is InChI=1S/C39H59N11O14S2/c1-21(45-37(58)25(14-15-29(40)51)47-38(59)28(17-31(53)50-61)66(62,63)23-12-10-22(64-2)11-13-23)36(57)44-18-32(54)43-19-33(55)46-24(35(41)56)7-5-6-16-42-30(52)9-4-3-8-27-34-26(20-65-27)48-39(60)49-34/h10-13,21,24-28,34,61H,3-9,14-20H2,1-2H3,(H2,40,51)(H2,41,56)(H,42,52)(H,43,54)(H,44,57)(H,45,58)(H,46,55)(H,47,59)(H,50,53)(H2,48,49,60)/t21-,24-,25-,26-,27-,28?,34-/m0/s1. The number of fused-ring (bicyclic) bond motifs is 1. The molecule has 2 heterocycles. The molecule has 2 aliphatic heterocycles. The number of ether oxygens (including phenoxy) is 1. The van der Waals surface area contributed by atoms with Crippen molar-refractivity contribution in [2.24, 2.45) is 11.5 Å². The topological polar surface area (TPSA) is 395 Å². The minimum atomic E-state index is -4.65. The Kier molecular flexibility index (Phi) is 21.9. The van der Waals surface area contributed by atoms with Crippen molar-refractivity contribution in [3.8, 4) is 5.75 Å². The number of urea groups is 1. The lowest BCUT2D eigenvalue weighted by molar-refractivity contribution is -0.134. The summed E-state index contributed by atoms with van der Waals surface area (Å²) >= 11 is 1.82. The van der Waals surface area contributed by atoms with E-state index in [1.54, 1.807) is 0 Å². The average Bonchev–Trinajstić information content (AvgIpc) is 3.84. The average molecular weight is 970 g/mol. The molecule has 0 radical (unpaired) electrons. The van der Waals surface area contributed by atoms with Crippen molar-refractivity contribution in [2.75, 3.05) is 32.5 Å². The Hall–Kier alpha value is -6.22. The van der Waals surface area contributed by atoms with Crippen LogP contribution in [0.2, 0.25) is 0 Å². The molecule has 1 unspecified atom stereocenters. The van der Waals surface area contributed by atoms with Crippen molar-refractivity contribution in [1.82, 2.24) is 48.0 Å². The van der Waals surface area contributed by atoms with Crippen molar-refractivity contribution < 1.29 is 66.3 Å². The normalized spacial score (nSPS) is 18.0. The van der Waals surface area contributed by atoms with E-state index in [9.17, 15) is 56.4 Å². The minimum absolute atomic E-state index is 0.109. The monoisotopic (exact) mass is 969 g/mol. The van der Waals surface area contributed by atoms with E-state index in [0.717, 1.165) is 30.7 Å². The summed E-state index contributed by atoms with van der Waals surface area (Å²) in [5.41, 5.74) is 11.9. The summed E-state index contributed by atoms with van der Waals surface area (Å²) in [4.78, 5) is 123. The number of primary amides is 2. The van der Waals surface area contributed by atoms with Gasteiger partial charge in [-0.25, -0.2) is 18.7 Å². The molecule has 1 aromatic rings. The van der Waals surface area contributed by atoms with E-state index >= 15 is 0 Å². The Balaban J connectivity index is 1.39. The highest BCUT2D eigenvalue weighted by molar-refractivity contribution is 8.00. The van der Waals surface area contributed by atoms with E-state index in [0.29, 0.717) is 37.5 Å². The molecule has 1 aromatic carbocycles. The number of nitrogens with two attached hydrogens (primary N) is 2. The van der Waals surface area contributed by atoms with Gasteiger partial charge in [0, 0.05) is 30.4 Å². The number of hydrogen-bond acceptors (Lipinski definition) is 15. The molecular weight excluding hydrogens is 911 g/mol. The van der Waals surface area contributed by atoms with E-state index in [1.807, 2.05) is 11.8 Å². The number of hydroxylamine groups is 1. The van der Waals surface area contributed by atoms with Gasteiger partial charge in [0.2, 0.25) is 53.2 Å². The second-order valence-corrected chi connectivity index (χ2v) is 18.9. The molecule has 2 aliphatic rings. The molecule has 0 aliphatic carbocycles. The molecule has 2 fully saturated rings. The third-order valence-corrected chi connectivity index (χ3v) is 14.1. The molecule has 25 nitrogen and oxygen atoms in total. The van der Waals surface area contributed by atoms with Gasteiger partial charge < -0.3 is 58.7 Å². The molecule has 0 bridgehead atoms. The molecule has 27 heteroatoms. The third kappa shape index (κ3) is 17.6. The molecular formula is C39H59N11O14S2. The van der Waals surface area contributed by atoms with E-state index in [4.69, 9.17) is 21.4 Å². The van der Waals surface area contributed by atoms with Crippen molar-refractivity contribution >= 4 is 80.8 Å². The van der Waals surface area contributed by atoms with Crippen molar-refractivity contribution in [2.45, 2.75) is 117 Å². The van der Waals surface area contributed by atoms with Gasteiger partial charge >= 0.3 is 6.03 Å². The van der Waals surface area contributed by atoms with Gasteiger partial charge in [-0.15, -0.1) is 0 Å². The zero-order chi connectivity index (χ0) is 49.0. The van der Waals surface area contributed by atoms with Crippen LogP contribution >= 0.6 is 11.8 Å². The fourth-order valence-corrected chi connectivity index (χ4v) is 9.95. The Bertz CT molecular complexity index is 2040. The lowest BCUT2D eigenvalue weighted by atomic mass is 10.0. The minimum Gasteiger partial charge on any atom is -0.497 e.